The number of hydrogen-bond donors (Lipinski definition) is 3. The first-order chi connectivity index (χ1) is 9.29. The van der Waals surface area contributed by atoms with Gasteiger partial charge in [-0.05, 0) is 12.1 Å². The van der Waals surface area contributed by atoms with Gasteiger partial charge in [0.1, 0.15) is 6.04 Å². The lowest BCUT2D eigenvalue weighted by Gasteiger charge is -2.30. The molecule has 1 fully saturated rings. The summed E-state index contributed by atoms with van der Waals surface area (Å²) in [5.41, 5.74) is 3.12. The number of amides is 1. The maximum Gasteiger partial charge on any atom is 0.257 e. The van der Waals surface area contributed by atoms with Crippen molar-refractivity contribution in [1.29, 1.82) is 0 Å². The molecule has 4 N–H and O–H groups in total. The Morgan fingerprint density at radius 2 is 2.00 bits per heavy atom. The van der Waals surface area contributed by atoms with Crippen molar-refractivity contribution in [3.05, 3.63) is 30.3 Å². The maximum absolute atomic E-state index is 11.8. The second-order valence-corrected chi connectivity index (χ2v) is 4.48. The summed E-state index contributed by atoms with van der Waals surface area (Å²) in [5.74, 6) is 5.04. The highest BCUT2D eigenvalue weighted by molar-refractivity contribution is 5.84. The number of hydrazine groups is 1. The standard InChI is InChI=1S/C13H20N4O2/c14-16-13(18)12(10-17-6-8-19-9-7-17)15-11-4-2-1-3-5-11/h1-5,12,15H,6-10,14H2,(H,16,18). The number of nitrogens with two attached hydrogens (primary N) is 1. The predicted octanol–water partition coefficient (Wildman–Crippen LogP) is -0.211. The van der Waals surface area contributed by atoms with Crippen molar-refractivity contribution >= 4 is 11.6 Å². The van der Waals surface area contributed by atoms with Crippen molar-refractivity contribution in [2.75, 3.05) is 38.2 Å². The number of carbonyl (C=O) groups excluding carboxylic acids is 1. The first-order valence-corrected chi connectivity index (χ1v) is 6.42. The van der Waals surface area contributed by atoms with E-state index in [1.807, 2.05) is 30.3 Å². The van der Waals surface area contributed by atoms with E-state index in [-0.39, 0.29) is 11.9 Å². The molecule has 1 aromatic carbocycles. The lowest BCUT2D eigenvalue weighted by molar-refractivity contribution is -0.122. The van der Waals surface area contributed by atoms with Gasteiger partial charge in [0.2, 0.25) is 0 Å². The molecule has 2 rings (SSSR count). The number of morpholine rings is 1. The average Bonchev–Trinajstić information content (AvgIpc) is 2.48. The molecule has 104 valence electrons. The van der Waals surface area contributed by atoms with Gasteiger partial charge < -0.3 is 10.1 Å². The van der Waals surface area contributed by atoms with Crippen molar-refractivity contribution in [3.8, 4) is 0 Å². The van der Waals surface area contributed by atoms with Gasteiger partial charge in [-0.15, -0.1) is 0 Å². The van der Waals surface area contributed by atoms with E-state index < -0.39 is 0 Å². The number of nitrogens with one attached hydrogen (secondary N) is 2. The highest BCUT2D eigenvalue weighted by atomic mass is 16.5. The molecule has 0 aromatic heterocycles. The summed E-state index contributed by atoms with van der Waals surface area (Å²) >= 11 is 0. The number of hydrogen-bond acceptors (Lipinski definition) is 5. The number of para-hydroxylation sites is 1. The average molecular weight is 264 g/mol. The molecule has 1 heterocycles. The molecule has 1 atom stereocenters. The molecule has 1 unspecified atom stereocenters. The molecular weight excluding hydrogens is 244 g/mol. The summed E-state index contributed by atoms with van der Waals surface area (Å²) in [7, 11) is 0. The summed E-state index contributed by atoms with van der Waals surface area (Å²) in [6.45, 7) is 3.71. The van der Waals surface area contributed by atoms with Crippen LogP contribution in [-0.2, 0) is 9.53 Å². The molecule has 6 nitrogen and oxygen atoms in total. The number of anilines is 1. The van der Waals surface area contributed by atoms with Crippen molar-refractivity contribution in [2.24, 2.45) is 5.84 Å². The number of benzene rings is 1. The lowest BCUT2D eigenvalue weighted by Crippen LogP contribution is -2.51. The van der Waals surface area contributed by atoms with Gasteiger partial charge in [0.15, 0.2) is 0 Å². The SMILES string of the molecule is NNC(=O)C(CN1CCOCC1)Nc1ccccc1. The highest BCUT2D eigenvalue weighted by Crippen LogP contribution is 2.09. The zero-order valence-corrected chi connectivity index (χ0v) is 10.8. The monoisotopic (exact) mass is 264 g/mol. The molecule has 6 heteroatoms. The van der Waals surface area contributed by atoms with Crippen LogP contribution in [0.25, 0.3) is 0 Å². The largest absolute Gasteiger partial charge is 0.379 e. The third-order valence-corrected chi connectivity index (χ3v) is 3.12. The Kier molecular flexibility index (Phi) is 5.14. The quantitative estimate of drug-likeness (QED) is 0.389. The number of ether oxygens (including phenoxy) is 1. The van der Waals surface area contributed by atoms with Gasteiger partial charge in [-0.1, -0.05) is 18.2 Å². The minimum absolute atomic E-state index is 0.213. The minimum atomic E-state index is -0.370. The Hall–Kier alpha value is -1.63. The fourth-order valence-corrected chi connectivity index (χ4v) is 2.07. The van der Waals surface area contributed by atoms with E-state index in [0.717, 1.165) is 18.8 Å². The molecule has 0 saturated carbocycles. The van der Waals surface area contributed by atoms with Crippen LogP contribution in [0, 0.1) is 0 Å². The van der Waals surface area contributed by atoms with Crippen molar-refractivity contribution in [3.63, 3.8) is 0 Å². The zero-order valence-electron chi connectivity index (χ0n) is 10.8. The molecule has 0 aliphatic carbocycles. The highest BCUT2D eigenvalue weighted by Gasteiger charge is 2.22. The summed E-state index contributed by atoms with van der Waals surface area (Å²) in [5, 5.41) is 3.20. The van der Waals surface area contributed by atoms with Gasteiger partial charge in [0.05, 0.1) is 13.2 Å². The lowest BCUT2D eigenvalue weighted by atomic mass is 10.2. The van der Waals surface area contributed by atoms with Crippen molar-refractivity contribution < 1.29 is 9.53 Å². The first kappa shape index (κ1) is 13.8. The summed E-state index contributed by atoms with van der Waals surface area (Å²) in [4.78, 5) is 14.0. The van der Waals surface area contributed by atoms with Gasteiger partial charge in [-0.25, -0.2) is 5.84 Å². The zero-order chi connectivity index (χ0) is 13.5. The molecule has 1 aliphatic heterocycles. The van der Waals surface area contributed by atoms with Crippen LogP contribution in [-0.4, -0.2) is 49.7 Å². The molecule has 0 bridgehead atoms. The van der Waals surface area contributed by atoms with Gasteiger partial charge in [0, 0.05) is 25.3 Å². The molecule has 1 amide bonds. The molecular formula is C13H20N4O2. The van der Waals surface area contributed by atoms with Crippen LogP contribution in [0.2, 0.25) is 0 Å². The van der Waals surface area contributed by atoms with Gasteiger partial charge in [-0.2, -0.15) is 0 Å². The second kappa shape index (κ2) is 7.08. The fourth-order valence-electron chi connectivity index (χ4n) is 2.07. The van der Waals surface area contributed by atoms with E-state index in [1.165, 1.54) is 0 Å². The third-order valence-electron chi connectivity index (χ3n) is 3.12. The normalized spacial score (nSPS) is 17.7. The first-order valence-electron chi connectivity index (χ1n) is 6.42. The van der Waals surface area contributed by atoms with E-state index in [4.69, 9.17) is 10.6 Å². The minimum Gasteiger partial charge on any atom is -0.379 e. The van der Waals surface area contributed by atoms with Crippen LogP contribution in [0.3, 0.4) is 0 Å². The second-order valence-electron chi connectivity index (χ2n) is 4.48. The van der Waals surface area contributed by atoms with Crippen LogP contribution in [0.1, 0.15) is 0 Å². The Morgan fingerprint density at radius 1 is 1.32 bits per heavy atom. The van der Waals surface area contributed by atoms with Gasteiger partial charge >= 0.3 is 0 Å². The van der Waals surface area contributed by atoms with Crippen LogP contribution < -0.4 is 16.6 Å². The molecule has 1 aromatic rings. The topological polar surface area (TPSA) is 79.6 Å². The van der Waals surface area contributed by atoms with E-state index >= 15 is 0 Å². The van der Waals surface area contributed by atoms with Crippen LogP contribution in [0.5, 0.6) is 0 Å². The van der Waals surface area contributed by atoms with Crippen LogP contribution in [0.15, 0.2) is 30.3 Å². The maximum atomic E-state index is 11.8. The third kappa shape index (κ3) is 4.20. The molecule has 0 radical (unpaired) electrons. The Labute approximate surface area is 112 Å². The predicted molar refractivity (Wildman–Crippen MR) is 73.4 cm³/mol. The summed E-state index contributed by atoms with van der Waals surface area (Å²) in [6.07, 6.45) is 0. The Bertz CT molecular complexity index is 393. The number of carbonyl (C=O) groups is 1. The molecule has 0 spiro atoms. The van der Waals surface area contributed by atoms with Crippen molar-refractivity contribution in [1.82, 2.24) is 10.3 Å². The fraction of sp³-hybridized carbons (Fsp3) is 0.462. The van der Waals surface area contributed by atoms with Crippen LogP contribution in [0.4, 0.5) is 5.69 Å². The Balaban J connectivity index is 1.97. The number of nitrogens with zero attached hydrogens (tertiary/aromatic N) is 1. The summed E-state index contributed by atoms with van der Waals surface area (Å²) < 4.78 is 5.30. The summed E-state index contributed by atoms with van der Waals surface area (Å²) in [6, 6.07) is 9.27. The molecule has 1 saturated heterocycles. The van der Waals surface area contributed by atoms with Crippen molar-refractivity contribution in [2.45, 2.75) is 6.04 Å². The smallest absolute Gasteiger partial charge is 0.257 e. The number of rotatable bonds is 5. The van der Waals surface area contributed by atoms with Gasteiger partial charge in [0.25, 0.3) is 5.91 Å². The van der Waals surface area contributed by atoms with E-state index in [9.17, 15) is 4.79 Å². The van der Waals surface area contributed by atoms with Crippen LogP contribution >= 0.6 is 0 Å². The van der Waals surface area contributed by atoms with Gasteiger partial charge in [-0.3, -0.25) is 15.1 Å². The Morgan fingerprint density at radius 3 is 2.63 bits per heavy atom. The van der Waals surface area contributed by atoms with E-state index in [2.05, 4.69) is 15.6 Å². The van der Waals surface area contributed by atoms with E-state index in [0.29, 0.717) is 19.8 Å². The van der Waals surface area contributed by atoms with E-state index in [1.54, 1.807) is 0 Å². The molecule has 1 aliphatic rings. The molecule has 19 heavy (non-hydrogen) atoms.